The Morgan fingerprint density at radius 1 is 1.35 bits per heavy atom. The van der Waals surface area contributed by atoms with Gasteiger partial charge in [0, 0.05) is 18.3 Å². The second-order valence-corrected chi connectivity index (χ2v) is 3.89. The average molecular weight is 233 g/mol. The van der Waals surface area contributed by atoms with Gasteiger partial charge in [-0.2, -0.15) is 0 Å². The van der Waals surface area contributed by atoms with Gasteiger partial charge in [-0.3, -0.25) is 0 Å². The van der Waals surface area contributed by atoms with Crippen LogP contribution in [0, 0.1) is 0 Å². The molecule has 0 aliphatic carbocycles. The van der Waals surface area contributed by atoms with Crippen molar-refractivity contribution in [3.05, 3.63) is 35.9 Å². The Hall–Kier alpha value is -1.77. The van der Waals surface area contributed by atoms with Crippen molar-refractivity contribution in [2.75, 3.05) is 11.9 Å². The lowest BCUT2D eigenvalue weighted by atomic mass is 10.1. The maximum atomic E-state index is 10.5. The standard InChI is InChI=1S/C14H19NO2/c1-2-3-6-11-15-13-8-5-4-7-12(13)9-10-14(16)17/h4-5,7-10,15H,2-3,6,11H2,1H3,(H,16,17)/b10-9+. The third-order valence-corrected chi connectivity index (χ3v) is 2.46. The van der Waals surface area contributed by atoms with Crippen LogP contribution < -0.4 is 5.32 Å². The summed E-state index contributed by atoms with van der Waals surface area (Å²) in [5.74, 6) is -0.925. The van der Waals surface area contributed by atoms with E-state index in [1.165, 1.54) is 12.8 Å². The molecular weight excluding hydrogens is 214 g/mol. The molecule has 0 aromatic heterocycles. The van der Waals surface area contributed by atoms with Crippen LogP contribution in [0.15, 0.2) is 30.3 Å². The molecule has 0 heterocycles. The number of rotatable bonds is 7. The van der Waals surface area contributed by atoms with Crippen molar-refractivity contribution < 1.29 is 9.90 Å². The molecule has 0 aliphatic heterocycles. The lowest BCUT2D eigenvalue weighted by Crippen LogP contribution is -2.02. The topological polar surface area (TPSA) is 49.3 Å². The van der Waals surface area contributed by atoms with Gasteiger partial charge in [-0.15, -0.1) is 0 Å². The quantitative estimate of drug-likeness (QED) is 0.560. The highest BCUT2D eigenvalue weighted by atomic mass is 16.4. The smallest absolute Gasteiger partial charge is 0.328 e. The van der Waals surface area contributed by atoms with Crippen molar-refractivity contribution in [1.29, 1.82) is 0 Å². The molecular formula is C14H19NO2. The molecule has 0 fully saturated rings. The summed E-state index contributed by atoms with van der Waals surface area (Å²) in [4.78, 5) is 10.5. The zero-order chi connectivity index (χ0) is 12.5. The highest BCUT2D eigenvalue weighted by Gasteiger charge is 1.98. The van der Waals surface area contributed by atoms with E-state index in [1.54, 1.807) is 6.08 Å². The Balaban J connectivity index is 2.61. The van der Waals surface area contributed by atoms with E-state index in [-0.39, 0.29) is 0 Å². The summed E-state index contributed by atoms with van der Waals surface area (Å²) in [6, 6.07) is 7.72. The van der Waals surface area contributed by atoms with Gasteiger partial charge in [0.15, 0.2) is 0 Å². The number of hydrogen-bond acceptors (Lipinski definition) is 2. The Bertz CT molecular complexity index is 386. The number of carboxylic acid groups (broad SMARTS) is 1. The molecule has 17 heavy (non-hydrogen) atoms. The molecule has 0 amide bonds. The highest BCUT2D eigenvalue weighted by molar-refractivity contribution is 5.86. The monoisotopic (exact) mass is 233 g/mol. The fourth-order valence-corrected chi connectivity index (χ4v) is 1.56. The fraction of sp³-hybridized carbons (Fsp3) is 0.357. The van der Waals surface area contributed by atoms with Crippen LogP contribution in [0.4, 0.5) is 5.69 Å². The first-order valence-electron chi connectivity index (χ1n) is 5.98. The van der Waals surface area contributed by atoms with Crippen LogP contribution in [0.3, 0.4) is 0 Å². The first-order valence-corrected chi connectivity index (χ1v) is 5.98. The summed E-state index contributed by atoms with van der Waals surface area (Å²) in [5.41, 5.74) is 1.90. The van der Waals surface area contributed by atoms with Crippen LogP contribution in [-0.4, -0.2) is 17.6 Å². The molecule has 0 saturated carbocycles. The number of para-hydroxylation sites is 1. The van der Waals surface area contributed by atoms with Crippen LogP contribution in [0.5, 0.6) is 0 Å². The zero-order valence-corrected chi connectivity index (χ0v) is 10.1. The summed E-state index contributed by atoms with van der Waals surface area (Å²) in [5, 5.41) is 11.9. The molecule has 2 N–H and O–H groups in total. The van der Waals surface area contributed by atoms with Gasteiger partial charge in [0.2, 0.25) is 0 Å². The van der Waals surface area contributed by atoms with Crippen molar-refractivity contribution in [1.82, 2.24) is 0 Å². The van der Waals surface area contributed by atoms with Crippen molar-refractivity contribution in [3.63, 3.8) is 0 Å². The van der Waals surface area contributed by atoms with E-state index in [1.807, 2.05) is 24.3 Å². The molecule has 0 radical (unpaired) electrons. The number of aliphatic carboxylic acids is 1. The zero-order valence-electron chi connectivity index (χ0n) is 10.1. The van der Waals surface area contributed by atoms with Gasteiger partial charge in [-0.25, -0.2) is 4.79 Å². The number of hydrogen-bond donors (Lipinski definition) is 2. The molecule has 0 spiro atoms. The number of carbonyl (C=O) groups is 1. The van der Waals surface area contributed by atoms with Gasteiger partial charge >= 0.3 is 5.97 Å². The van der Waals surface area contributed by atoms with Crippen molar-refractivity contribution >= 4 is 17.7 Å². The largest absolute Gasteiger partial charge is 0.478 e. The first kappa shape index (κ1) is 13.3. The van der Waals surface area contributed by atoms with Gasteiger partial charge in [-0.1, -0.05) is 38.0 Å². The molecule has 0 aliphatic rings. The normalized spacial score (nSPS) is 10.6. The highest BCUT2D eigenvalue weighted by Crippen LogP contribution is 2.16. The number of unbranched alkanes of at least 4 members (excludes halogenated alkanes) is 2. The van der Waals surface area contributed by atoms with E-state index >= 15 is 0 Å². The Morgan fingerprint density at radius 3 is 2.82 bits per heavy atom. The van der Waals surface area contributed by atoms with E-state index in [0.29, 0.717) is 0 Å². The Labute approximate surface area is 102 Å². The Morgan fingerprint density at radius 2 is 2.12 bits per heavy atom. The average Bonchev–Trinajstić information content (AvgIpc) is 2.33. The molecule has 0 atom stereocenters. The van der Waals surface area contributed by atoms with Crippen LogP contribution in [0.1, 0.15) is 31.7 Å². The number of benzene rings is 1. The first-order chi connectivity index (χ1) is 8.24. The second-order valence-electron chi connectivity index (χ2n) is 3.89. The molecule has 0 saturated heterocycles. The second kappa shape index (κ2) is 7.49. The van der Waals surface area contributed by atoms with Gasteiger partial charge in [0.1, 0.15) is 0 Å². The van der Waals surface area contributed by atoms with Gasteiger partial charge in [0.05, 0.1) is 0 Å². The minimum Gasteiger partial charge on any atom is -0.478 e. The molecule has 92 valence electrons. The lowest BCUT2D eigenvalue weighted by Gasteiger charge is -2.08. The number of anilines is 1. The molecule has 0 unspecified atom stereocenters. The predicted molar refractivity (Wildman–Crippen MR) is 71.1 cm³/mol. The van der Waals surface area contributed by atoms with E-state index < -0.39 is 5.97 Å². The SMILES string of the molecule is CCCCCNc1ccccc1/C=C/C(=O)O. The van der Waals surface area contributed by atoms with Crippen molar-refractivity contribution in [2.24, 2.45) is 0 Å². The lowest BCUT2D eigenvalue weighted by molar-refractivity contribution is -0.131. The van der Waals surface area contributed by atoms with Crippen LogP contribution in [0.2, 0.25) is 0 Å². The van der Waals surface area contributed by atoms with E-state index in [9.17, 15) is 4.79 Å². The van der Waals surface area contributed by atoms with Gasteiger partial charge in [-0.05, 0) is 24.1 Å². The maximum absolute atomic E-state index is 10.5. The minimum absolute atomic E-state index is 0.909. The van der Waals surface area contributed by atoms with Gasteiger partial charge < -0.3 is 10.4 Å². The third-order valence-electron chi connectivity index (χ3n) is 2.46. The summed E-state index contributed by atoms with van der Waals surface area (Å²) in [6.07, 6.45) is 6.31. The molecule has 0 bridgehead atoms. The van der Waals surface area contributed by atoms with E-state index in [0.717, 1.165) is 30.3 Å². The molecule has 1 rings (SSSR count). The van der Waals surface area contributed by atoms with Crippen LogP contribution in [0.25, 0.3) is 6.08 Å². The van der Waals surface area contributed by atoms with Gasteiger partial charge in [0.25, 0.3) is 0 Å². The number of carboxylic acids is 1. The van der Waals surface area contributed by atoms with Crippen molar-refractivity contribution in [3.8, 4) is 0 Å². The van der Waals surface area contributed by atoms with Crippen molar-refractivity contribution in [2.45, 2.75) is 26.2 Å². The Kier molecular flexibility index (Phi) is 5.86. The van der Waals surface area contributed by atoms with Crippen LogP contribution in [-0.2, 0) is 4.79 Å². The molecule has 3 heteroatoms. The number of nitrogens with one attached hydrogen (secondary N) is 1. The van der Waals surface area contributed by atoms with Crippen LogP contribution >= 0.6 is 0 Å². The summed E-state index contributed by atoms with van der Waals surface area (Å²) in [6.45, 7) is 3.09. The summed E-state index contributed by atoms with van der Waals surface area (Å²) in [7, 11) is 0. The van der Waals surface area contributed by atoms with E-state index in [4.69, 9.17) is 5.11 Å². The minimum atomic E-state index is -0.925. The molecule has 3 nitrogen and oxygen atoms in total. The summed E-state index contributed by atoms with van der Waals surface area (Å²) < 4.78 is 0. The fourth-order valence-electron chi connectivity index (χ4n) is 1.56. The predicted octanol–water partition coefficient (Wildman–Crippen LogP) is 3.39. The molecule has 1 aromatic rings. The maximum Gasteiger partial charge on any atom is 0.328 e. The molecule has 1 aromatic carbocycles. The van der Waals surface area contributed by atoms with E-state index in [2.05, 4.69) is 12.2 Å². The summed E-state index contributed by atoms with van der Waals surface area (Å²) >= 11 is 0. The third kappa shape index (κ3) is 5.20.